The summed E-state index contributed by atoms with van der Waals surface area (Å²) in [6.45, 7) is 6.21. The summed E-state index contributed by atoms with van der Waals surface area (Å²) >= 11 is 0. The normalized spacial score (nSPS) is 12.7. The first-order valence-electron chi connectivity index (χ1n) is 6.60. The van der Waals surface area contributed by atoms with E-state index < -0.39 is 0 Å². The molecule has 1 aromatic heterocycles. The van der Waals surface area contributed by atoms with Crippen LogP contribution >= 0.6 is 0 Å². The highest BCUT2D eigenvalue weighted by Crippen LogP contribution is 2.14. The number of benzene rings is 1. The maximum atomic E-state index is 13.6. The van der Waals surface area contributed by atoms with Gasteiger partial charge >= 0.3 is 0 Å². The van der Waals surface area contributed by atoms with Crippen molar-refractivity contribution in [3.05, 3.63) is 48.0 Å². The van der Waals surface area contributed by atoms with Gasteiger partial charge in [0.2, 0.25) is 0 Å². The van der Waals surface area contributed by atoms with E-state index in [4.69, 9.17) is 0 Å². The monoisotopic (exact) mass is 261 g/mol. The van der Waals surface area contributed by atoms with Gasteiger partial charge in [-0.25, -0.2) is 4.39 Å². The number of anilines is 1. The van der Waals surface area contributed by atoms with Gasteiger partial charge in [0.1, 0.15) is 5.82 Å². The molecule has 0 radical (unpaired) electrons. The van der Waals surface area contributed by atoms with Crippen LogP contribution in [0.5, 0.6) is 0 Å². The Kier molecular flexibility index (Phi) is 4.20. The lowest BCUT2D eigenvalue weighted by Crippen LogP contribution is -2.18. The van der Waals surface area contributed by atoms with E-state index in [2.05, 4.69) is 24.3 Å². The summed E-state index contributed by atoms with van der Waals surface area (Å²) in [5, 5.41) is 7.62. The van der Waals surface area contributed by atoms with E-state index in [-0.39, 0.29) is 11.9 Å². The number of hydrogen-bond acceptors (Lipinski definition) is 2. The summed E-state index contributed by atoms with van der Waals surface area (Å²) in [5.41, 5.74) is 1.70. The van der Waals surface area contributed by atoms with Crippen LogP contribution in [0.4, 0.5) is 10.1 Å². The Labute approximate surface area is 113 Å². The highest BCUT2D eigenvalue weighted by Gasteiger charge is 2.09. The van der Waals surface area contributed by atoms with Crippen LogP contribution < -0.4 is 5.32 Å². The maximum Gasteiger partial charge on any atom is 0.126 e. The summed E-state index contributed by atoms with van der Waals surface area (Å²) in [6, 6.07) is 7.40. The topological polar surface area (TPSA) is 29.9 Å². The van der Waals surface area contributed by atoms with E-state index >= 15 is 0 Å². The second kappa shape index (κ2) is 5.87. The van der Waals surface area contributed by atoms with E-state index in [1.165, 1.54) is 6.07 Å². The molecule has 0 fully saturated rings. The zero-order valence-electron chi connectivity index (χ0n) is 11.6. The van der Waals surface area contributed by atoms with Gasteiger partial charge in [0, 0.05) is 18.3 Å². The number of rotatable bonds is 5. The molecule has 0 bridgehead atoms. The summed E-state index contributed by atoms with van der Waals surface area (Å²) in [6.07, 6.45) is 4.43. The summed E-state index contributed by atoms with van der Waals surface area (Å²) in [4.78, 5) is 0. The minimum Gasteiger partial charge on any atom is -0.380 e. The molecule has 1 heterocycles. The van der Waals surface area contributed by atoms with Crippen LogP contribution in [-0.2, 0) is 6.42 Å². The molecule has 0 aliphatic rings. The number of hydrogen-bond donors (Lipinski definition) is 1. The Morgan fingerprint density at radius 2 is 2.00 bits per heavy atom. The molecule has 2 rings (SSSR count). The van der Waals surface area contributed by atoms with Gasteiger partial charge in [0.05, 0.1) is 11.9 Å². The van der Waals surface area contributed by atoms with Crippen LogP contribution in [0, 0.1) is 5.82 Å². The third-order valence-corrected chi connectivity index (χ3v) is 3.03. The lowest BCUT2D eigenvalue weighted by molar-refractivity contribution is 0.532. The lowest BCUT2D eigenvalue weighted by Gasteiger charge is -2.14. The van der Waals surface area contributed by atoms with Crippen molar-refractivity contribution in [3.8, 4) is 0 Å². The standard InChI is InChI=1S/C15H20FN3/c1-11(2)19-10-14(9-17-19)18-12(3)8-13-6-4-5-7-15(13)16/h4-7,9-12,18H,8H2,1-3H3. The second-order valence-corrected chi connectivity index (χ2v) is 5.14. The number of aromatic nitrogens is 2. The van der Waals surface area contributed by atoms with Crippen molar-refractivity contribution in [1.29, 1.82) is 0 Å². The van der Waals surface area contributed by atoms with Gasteiger partial charge in [-0.3, -0.25) is 4.68 Å². The fourth-order valence-electron chi connectivity index (χ4n) is 2.02. The zero-order chi connectivity index (χ0) is 13.8. The third-order valence-electron chi connectivity index (χ3n) is 3.03. The van der Waals surface area contributed by atoms with Crippen molar-refractivity contribution >= 4 is 5.69 Å². The molecule has 1 aromatic carbocycles. The van der Waals surface area contributed by atoms with E-state index in [1.807, 2.05) is 29.9 Å². The van der Waals surface area contributed by atoms with E-state index in [0.717, 1.165) is 11.3 Å². The SMILES string of the molecule is CC(Cc1ccccc1F)Nc1cnn(C(C)C)c1. The molecule has 1 atom stereocenters. The highest BCUT2D eigenvalue weighted by molar-refractivity contribution is 5.39. The smallest absolute Gasteiger partial charge is 0.126 e. The maximum absolute atomic E-state index is 13.6. The minimum absolute atomic E-state index is 0.144. The fourth-order valence-corrected chi connectivity index (χ4v) is 2.02. The predicted octanol–water partition coefficient (Wildman–Crippen LogP) is 3.65. The van der Waals surface area contributed by atoms with Crippen LogP contribution in [0.25, 0.3) is 0 Å². The van der Waals surface area contributed by atoms with E-state index in [1.54, 1.807) is 12.3 Å². The van der Waals surface area contributed by atoms with Crippen LogP contribution in [-0.4, -0.2) is 15.8 Å². The molecule has 0 saturated carbocycles. The van der Waals surface area contributed by atoms with Gasteiger partial charge in [0.25, 0.3) is 0 Å². The summed E-state index contributed by atoms with van der Waals surface area (Å²) in [7, 11) is 0. The Morgan fingerprint density at radius 3 is 2.63 bits per heavy atom. The summed E-state index contributed by atoms with van der Waals surface area (Å²) in [5.74, 6) is -0.144. The van der Waals surface area contributed by atoms with Crippen molar-refractivity contribution in [1.82, 2.24) is 9.78 Å². The zero-order valence-corrected chi connectivity index (χ0v) is 11.6. The van der Waals surface area contributed by atoms with Crippen LogP contribution in [0.15, 0.2) is 36.7 Å². The molecule has 1 unspecified atom stereocenters. The molecule has 0 saturated heterocycles. The van der Waals surface area contributed by atoms with Gasteiger partial charge in [-0.1, -0.05) is 18.2 Å². The van der Waals surface area contributed by atoms with Gasteiger partial charge in [-0.15, -0.1) is 0 Å². The Balaban J connectivity index is 1.97. The third kappa shape index (κ3) is 3.56. The molecule has 2 aromatic rings. The minimum atomic E-state index is -0.144. The van der Waals surface area contributed by atoms with Gasteiger partial charge < -0.3 is 5.32 Å². The Hall–Kier alpha value is -1.84. The van der Waals surface area contributed by atoms with Gasteiger partial charge in [-0.2, -0.15) is 5.10 Å². The molecule has 102 valence electrons. The van der Waals surface area contributed by atoms with Crippen LogP contribution in [0.2, 0.25) is 0 Å². The summed E-state index contributed by atoms with van der Waals surface area (Å²) < 4.78 is 15.5. The number of nitrogens with zero attached hydrogens (tertiary/aromatic N) is 2. The average molecular weight is 261 g/mol. The quantitative estimate of drug-likeness (QED) is 0.890. The number of halogens is 1. The van der Waals surface area contributed by atoms with Gasteiger partial charge in [-0.05, 0) is 38.8 Å². The van der Waals surface area contributed by atoms with Crippen molar-refractivity contribution in [2.24, 2.45) is 0 Å². The number of nitrogens with one attached hydrogen (secondary N) is 1. The molecule has 4 heteroatoms. The van der Waals surface area contributed by atoms with Crippen LogP contribution in [0.3, 0.4) is 0 Å². The molecule has 0 spiro atoms. The molecule has 0 aliphatic carbocycles. The van der Waals surface area contributed by atoms with Crippen molar-refractivity contribution in [2.75, 3.05) is 5.32 Å². The fraction of sp³-hybridized carbons (Fsp3) is 0.400. The molecule has 3 nitrogen and oxygen atoms in total. The first-order valence-corrected chi connectivity index (χ1v) is 6.60. The molecular weight excluding hydrogens is 241 g/mol. The van der Waals surface area contributed by atoms with Crippen molar-refractivity contribution < 1.29 is 4.39 Å². The van der Waals surface area contributed by atoms with Crippen molar-refractivity contribution in [2.45, 2.75) is 39.3 Å². The Morgan fingerprint density at radius 1 is 1.26 bits per heavy atom. The first-order chi connectivity index (χ1) is 9.06. The lowest BCUT2D eigenvalue weighted by atomic mass is 10.1. The Bertz CT molecular complexity index is 534. The second-order valence-electron chi connectivity index (χ2n) is 5.14. The molecule has 1 N–H and O–H groups in total. The average Bonchev–Trinajstić information content (AvgIpc) is 2.80. The van der Waals surface area contributed by atoms with E-state index in [9.17, 15) is 4.39 Å². The first kappa shape index (κ1) is 13.6. The molecule has 19 heavy (non-hydrogen) atoms. The molecule has 0 amide bonds. The van der Waals surface area contributed by atoms with Crippen LogP contribution in [0.1, 0.15) is 32.4 Å². The largest absolute Gasteiger partial charge is 0.380 e. The molecular formula is C15H20FN3. The van der Waals surface area contributed by atoms with E-state index in [0.29, 0.717) is 12.5 Å². The van der Waals surface area contributed by atoms with Crippen molar-refractivity contribution in [3.63, 3.8) is 0 Å². The predicted molar refractivity (Wildman–Crippen MR) is 75.8 cm³/mol. The molecule has 0 aliphatic heterocycles. The van der Waals surface area contributed by atoms with Gasteiger partial charge in [0.15, 0.2) is 0 Å². The highest BCUT2D eigenvalue weighted by atomic mass is 19.1.